The maximum atomic E-state index is 13.2. The van der Waals surface area contributed by atoms with Crippen LogP contribution in [0.5, 0.6) is 0 Å². The van der Waals surface area contributed by atoms with Crippen LogP contribution in [0.3, 0.4) is 0 Å². The summed E-state index contributed by atoms with van der Waals surface area (Å²) in [6.07, 6.45) is 0. The van der Waals surface area contributed by atoms with Gasteiger partial charge in [0.15, 0.2) is 0 Å². The summed E-state index contributed by atoms with van der Waals surface area (Å²) in [4.78, 5) is 55.6. The summed E-state index contributed by atoms with van der Waals surface area (Å²) in [6.45, 7) is -3.59. The summed E-state index contributed by atoms with van der Waals surface area (Å²) < 4.78 is 5.30. The molecule has 2 aliphatic heterocycles. The molecule has 2 aliphatic rings. The van der Waals surface area contributed by atoms with E-state index in [-0.39, 0.29) is 38.6 Å². The van der Waals surface area contributed by atoms with Gasteiger partial charge in [-0.1, -0.05) is 0 Å². The van der Waals surface area contributed by atoms with Gasteiger partial charge in [0, 0.05) is 63.4 Å². The van der Waals surface area contributed by atoms with Gasteiger partial charge in [-0.15, -0.1) is 0 Å². The summed E-state index contributed by atoms with van der Waals surface area (Å²) in [7, 11) is 0. The lowest BCUT2D eigenvalue weighted by Crippen LogP contribution is -2.62. The van der Waals surface area contributed by atoms with E-state index in [1.54, 1.807) is 9.80 Å². The number of rotatable bonds is 12. The highest BCUT2D eigenvalue weighted by molar-refractivity contribution is 5.78. The highest BCUT2D eigenvalue weighted by Crippen LogP contribution is 2.16. The lowest BCUT2D eigenvalue weighted by atomic mass is 10.1. The molecule has 0 saturated carbocycles. The first-order valence-electron chi connectivity index (χ1n) is 13.4. The molecule has 1 amide bonds. The van der Waals surface area contributed by atoms with E-state index in [1.807, 2.05) is 0 Å². The topological polar surface area (TPSA) is 235 Å². The molecular formula is C24H43N5O12. The number of hydrogen-bond donors (Lipinski definition) is 7. The molecule has 17 nitrogen and oxygen atoms in total. The zero-order valence-corrected chi connectivity index (χ0v) is 23.0. The predicted octanol–water partition coefficient (Wildman–Crippen LogP) is -5.24. The van der Waals surface area contributed by atoms with Crippen molar-refractivity contribution in [2.75, 3.05) is 105 Å². The zero-order chi connectivity index (χ0) is 30.5. The minimum absolute atomic E-state index is 0.118. The molecule has 0 aliphatic carbocycles. The van der Waals surface area contributed by atoms with Crippen LogP contribution in [0.4, 0.5) is 0 Å². The molecule has 4 atom stereocenters. The first-order chi connectivity index (χ1) is 19.5. The molecule has 0 aromatic rings. The van der Waals surface area contributed by atoms with E-state index in [0.29, 0.717) is 26.3 Å². The molecule has 0 spiro atoms. The first-order valence-corrected chi connectivity index (χ1v) is 13.4. The monoisotopic (exact) mass is 593 g/mol. The third-order valence-electron chi connectivity index (χ3n) is 7.41. The summed E-state index contributed by atoms with van der Waals surface area (Å²) in [5.41, 5.74) is 0. The van der Waals surface area contributed by atoms with Gasteiger partial charge < -0.3 is 45.4 Å². The number of amides is 1. The predicted molar refractivity (Wildman–Crippen MR) is 140 cm³/mol. The van der Waals surface area contributed by atoms with Gasteiger partial charge in [0.05, 0.1) is 65.8 Å². The van der Waals surface area contributed by atoms with E-state index in [0.717, 1.165) is 0 Å². The number of aliphatic hydroxyl groups is 4. The van der Waals surface area contributed by atoms with Gasteiger partial charge in [0.1, 0.15) is 0 Å². The van der Waals surface area contributed by atoms with Crippen LogP contribution in [0.15, 0.2) is 0 Å². The second-order valence-electron chi connectivity index (χ2n) is 10.2. The number of nitrogens with zero attached hydrogens (tertiary/aromatic N) is 5. The number of carbonyl (C=O) groups is 4. The summed E-state index contributed by atoms with van der Waals surface area (Å²) in [5.74, 6) is -4.05. The molecule has 0 aromatic heterocycles. The van der Waals surface area contributed by atoms with Crippen molar-refractivity contribution < 1.29 is 59.7 Å². The SMILES string of the molecule is O=C(O)CN1CC(CO)N(CC(=O)O)CC(CO)N(CC(=O)N2CCOCC2)CC(CO)N(CC(=O)O)CC1CO. The average Bonchev–Trinajstić information content (AvgIpc) is 2.93. The second kappa shape index (κ2) is 17.5. The maximum absolute atomic E-state index is 13.2. The van der Waals surface area contributed by atoms with Gasteiger partial charge in [-0.3, -0.25) is 38.8 Å². The highest BCUT2D eigenvalue weighted by atomic mass is 16.5. The van der Waals surface area contributed by atoms with Crippen LogP contribution in [0.1, 0.15) is 0 Å². The molecule has 2 saturated heterocycles. The number of aliphatic hydroxyl groups excluding tert-OH is 4. The van der Waals surface area contributed by atoms with Crippen LogP contribution in [0, 0.1) is 0 Å². The van der Waals surface area contributed by atoms with Gasteiger partial charge in [-0.25, -0.2) is 0 Å². The molecule has 2 fully saturated rings. The fourth-order valence-electron chi connectivity index (χ4n) is 5.22. The molecule has 2 rings (SSSR count). The molecule has 0 bridgehead atoms. The Bertz CT molecular complexity index is 847. The molecule has 0 radical (unpaired) electrons. The van der Waals surface area contributed by atoms with E-state index < -0.39 is 88.1 Å². The fraction of sp³-hybridized carbons (Fsp3) is 0.833. The van der Waals surface area contributed by atoms with E-state index in [4.69, 9.17) is 4.74 Å². The van der Waals surface area contributed by atoms with Crippen molar-refractivity contribution in [3.63, 3.8) is 0 Å². The van der Waals surface area contributed by atoms with Gasteiger partial charge in [0.2, 0.25) is 5.91 Å². The van der Waals surface area contributed by atoms with Gasteiger partial charge in [-0.05, 0) is 0 Å². The Labute approximate surface area is 237 Å². The third-order valence-corrected chi connectivity index (χ3v) is 7.41. The van der Waals surface area contributed by atoms with Crippen molar-refractivity contribution >= 4 is 23.8 Å². The lowest BCUT2D eigenvalue weighted by molar-refractivity contribution is -0.144. The number of carbonyl (C=O) groups excluding carboxylic acids is 1. The number of hydrogen-bond acceptors (Lipinski definition) is 13. The minimum atomic E-state index is -1.26. The lowest BCUT2D eigenvalue weighted by Gasteiger charge is -2.44. The van der Waals surface area contributed by atoms with Crippen molar-refractivity contribution in [1.29, 1.82) is 0 Å². The third kappa shape index (κ3) is 11.0. The quantitative estimate of drug-likeness (QED) is 0.112. The summed E-state index contributed by atoms with van der Waals surface area (Å²) in [6, 6.07) is -3.71. The number of carboxylic acid groups (broad SMARTS) is 3. The molecule has 4 unspecified atom stereocenters. The zero-order valence-electron chi connectivity index (χ0n) is 23.0. The smallest absolute Gasteiger partial charge is 0.317 e. The van der Waals surface area contributed by atoms with Gasteiger partial charge in [-0.2, -0.15) is 0 Å². The maximum Gasteiger partial charge on any atom is 0.317 e. The van der Waals surface area contributed by atoms with E-state index >= 15 is 0 Å². The van der Waals surface area contributed by atoms with E-state index in [2.05, 4.69) is 0 Å². The van der Waals surface area contributed by atoms with Crippen molar-refractivity contribution in [3.8, 4) is 0 Å². The van der Waals surface area contributed by atoms with Crippen LogP contribution < -0.4 is 0 Å². The van der Waals surface area contributed by atoms with E-state index in [9.17, 15) is 54.9 Å². The Balaban J connectivity index is 2.56. The Morgan fingerprint density at radius 1 is 0.537 bits per heavy atom. The molecule has 17 heteroatoms. The molecule has 7 N–H and O–H groups in total. The minimum Gasteiger partial charge on any atom is -0.480 e. The number of carboxylic acids is 3. The van der Waals surface area contributed by atoms with Crippen LogP contribution >= 0.6 is 0 Å². The Kier molecular flexibility index (Phi) is 14.8. The fourth-order valence-corrected chi connectivity index (χ4v) is 5.22. The van der Waals surface area contributed by atoms with Crippen LogP contribution in [-0.2, 0) is 23.9 Å². The normalized spacial score (nSPS) is 26.7. The van der Waals surface area contributed by atoms with Crippen molar-refractivity contribution in [1.82, 2.24) is 24.5 Å². The first kappa shape index (κ1) is 34.7. The highest BCUT2D eigenvalue weighted by Gasteiger charge is 2.36. The number of morpholine rings is 1. The van der Waals surface area contributed by atoms with Crippen molar-refractivity contribution in [3.05, 3.63) is 0 Å². The summed E-state index contributed by atoms with van der Waals surface area (Å²) >= 11 is 0. The van der Waals surface area contributed by atoms with Gasteiger partial charge in [0.25, 0.3) is 0 Å². The average molecular weight is 594 g/mol. The standard InChI is InChI=1S/C24H43N5O12/c30-13-17-6-27(10-22(35)36)19(15-32)8-29(12-24(39)40)20(16-33)7-28(11-23(37)38)18(14-31)5-26(17)9-21(34)25-1-3-41-4-2-25/h17-20,30-33H,1-16H2,(H,35,36)(H,37,38)(H,39,40). The van der Waals surface area contributed by atoms with Crippen LogP contribution in [-0.4, -0.2) is 213 Å². The second-order valence-corrected chi connectivity index (χ2v) is 10.2. The van der Waals surface area contributed by atoms with Gasteiger partial charge >= 0.3 is 17.9 Å². The Morgan fingerprint density at radius 2 is 0.829 bits per heavy atom. The number of ether oxygens (including phenoxy) is 1. The number of aliphatic carboxylic acids is 3. The van der Waals surface area contributed by atoms with Crippen molar-refractivity contribution in [2.45, 2.75) is 24.2 Å². The Morgan fingerprint density at radius 3 is 1.10 bits per heavy atom. The molecule has 41 heavy (non-hydrogen) atoms. The van der Waals surface area contributed by atoms with E-state index in [1.165, 1.54) is 14.7 Å². The Hall–Kier alpha value is -2.48. The largest absolute Gasteiger partial charge is 0.480 e. The van der Waals surface area contributed by atoms with Crippen LogP contribution in [0.2, 0.25) is 0 Å². The molecule has 0 aromatic carbocycles. The molecule has 236 valence electrons. The van der Waals surface area contributed by atoms with Crippen molar-refractivity contribution in [2.24, 2.45) is 0 Å². The molecular weight excluding hydrogens is 550 g/mol. The molecule has 2 heterocycles. The summed E-state index contributed by atoms with van der Waals surface area (Å²) in [5, 5.41) is 69.9. The van der Waals surface area contributed by atoms with Crippen LogP contribution in [0.25, 0.3) is 0 Å².